The lowest BCUT2D eigenvalue weighted by Gasteiger charge is -2.35. The summed E-state index contributed by atoms with van der Waals surface area (Å²) in [6, 6.07) is 5.56. The van der Waals surface area contributed by atoms with Gasteiger partial charge in [0.05, 0.1) is 21.1 Å². The zero-order valence-corrected chi connectivity index (χ0v) is 14.6. The summed E-state index contributed by atoms with van der Waals surface area (Å²) in [6.45, 7) is 2.83. The monoisotopic (exact) mass is 351 g/mol. The number of nitrogens with zero attached hydrogens (tertiary/aromatic N) is 5. The summed E-state index contributed by atoms with van der Waals surface area (Å²) in [4.78, 5) is 19.1. The number of thiophene rings is 1. The number of hydrogen-bond donors (Lipinski definition) is 0. The first-order valence-corrected chi connectivity index (χ1v) is 8.53. The van der Waals surface area contributed by atoms with Gasteiger partial charge in [-0.15, -0.1) is 16.4 Å². The van der Waals surface area contributed by atoms with E-state index in [4.69, 9.17) is 11.6 Å². The van der Waals surface area contributed by atoms with E-state index in [-0.39, 0.29) is 5.91 Å². The van der Waals surface area contributed by atoms with Gasteiger partial charge in [0.15, 0.2) is 5.82 Å². The molecule has 0 atom stereocenters. The average molecular weight is 352 g/mol. The van der Waals surface area contributed by atoms with Crippen molar-refractivity contribution in [3.63, 3.8) is 0 Å². The summed E-state index contributed by atoms with van der Waals surface area (Å²) in [6.07, 6.45) is 1.74. The minimum atomic E-state index is 0.0506. The van der Waals surface area contributed by atoms with Crippen molar-refractivity contribution in [2.45, 2.75) is 0 Å². The summed E-state index contributed by atoms with van der Waals surface area (Å²) in [5, 5.41) is 8.27. The number of amides is 1. The normalized spacial score (nSPS) is 14.9. The highest BCUT2D eigenvalue weighted by atomic mass is 35.5. The summed E-state index contributed by atoms with van der Waals surface area (Å²) < 4.78 is 0.641. The van der Waals surface area contributed by atoms with Gasteiger partial charge in [-0.3, -0.25) is 4.79 Å². The molecule has 122 valence electrons. The van der Waals surface area contributed by atoms with Gasteiger partial charge in [0, 0.05) is 46.3 Å². The van der Waals surface area contributed by atoms with E-state index in [0.29, 0.717) is 22.3 Å². The summed E-state index contributed by atoms with van der Waals surface area (Å²) >= 11 is 7.23. The number of halogens is 1. The maximum Gasteiger partial charge on any atom is 0.264 e. The minimum Gasteiger partial charge on any atom is -0.376 e. The van der Waals surface area contributed by atoms with Crippen LogP contribution < -0.4 is 9.80 Å². The van der Waals surface area contributed by atoms with Crippen LogP contribution in [-0.4, -0.2) is 61.3 Å². The number of carbonyl (C=O) groups is 1. The van der Waals surface area contributed by atoms with E-state index in [1.54, 1.807) is 18.3 Å². The molecule has 0 saturated carbocycles. The molecular formula is C15H18ClN5OS. The maximum atomic E-state index is 12.4. The van der Waals surface area contributed by atoms with E-state index in [2.05, 4.69) is 15.1 Å². The molecule has 2 aromatic heterocycles. The minimum absolute atomic E-state index is 0.0506. The Morgan fingerprint density at radius 2 is 2.00 bits per heavy atom. The zero-order chi connectivity index (χ0) is 16.4. The molecule has 1 fully saturated rings. The highest BCUT2D eigenvalue weighted by Gasteiger charge is 2.24. The molecule has 0 bridgehead atoms. The van der Waals surface area contributed by atoms with Crippen molar-refractivity contribution >= 4 is 40.4 Å². The van der Waals surface area contributed by atoms with E-state index in [1.165, 1.54) is 11.3 Å². The molecule has 0 radical (unpaired) electrons. The van der Waals surface area contributed by atoms with Gasteiger partial charge in [-0.2, -0.15) is 5.10 Å². The SMILES string of the molecule is CN(C)c1cnnc(N2CCN(C(=O)c3ccc(Cl)s3)CC2)c1. The molecule has 0 N–H and O–H groups in total. The molecule has 0 spiro atoms. The standard InChI is InChI=1S/C15H18ClN5OS/c1-19(2)11-9-14(18-17-10-11)20-5-7-21(8-6-20)15(22)12-3-4-13(16)23-12/h3-4,9-10H,5-8H2,1-2H3. The van der Waals surface area contributed by atoms with E-state index in [1.807, 2.05) is 30.0 Å². The largest absolute Gasteiger partial charge is 0.376 e. The molecule has 1 aliphatic heterocycles. The fourth-order valence-corrected chi connectivity index (χ4v) is 3.48. The van der Waals surface area contributed by atoms with Gasteiger partial charge in [0.25, 0.3) is 5.91 Å². The van der Waals surface area contributed by atoms with Gasteiger partial charge in [-0.05, 0) is 12.1 Å². The fraction of sp³-hybridized carbons (Fsp3) is 0.400. The average Bonchev–Trinajstić information content (AvgIpc) is 3.01. The predicted octanol–water partition coefficient (Wildman–Crippen LogP) is 2.22. The molecule has 1 amide bonds. The Kier molecular flexibility index (Phi) is 4.68. The number of piperazine rings is 1. The number of anilines is 2. The first kappa shape index (κ1) is 16.0. The Labute approximate surface area is 144 Å². The number of hydrogen-bond acceptors (Lipinski definition) is 6. The number of aromatic nitrogens is 2. The third-order valence-corrected chi connectivity index (χ3v) is 5.04. The third kappa shape index (κ3) is 3.56. The Bertz CT molecular complexity index is 697. The third-order valence-electron chi connectivity index (χ3n) is 3.82. The zero-order valence-electron chi connectivity index (χ0n) is 13.1. The molecule has 1 aliphatic rings. The van der Waals surface area contributed by atoms with Crippen molar-refractivity contribution in [3.8, 4) is 0 Å². The first-order chi connectivity index (χ1) is 11.0. The van der Waals surface area contributed by atoms with Crippen molar-refractivity contribution in [3.05, 3.63) is 33.6 Å². The van der Waals surface area contributed by atoms with Crippen LogP contribution in [0.5, 0.6) is 0 Å². The lowest BCUT2D eigenvalue weighted by atomic mass is 10.3. The van der Waals surface area contributed by atoms with E-state index in [0.717, 1.165) is 24.6 Å². The molecule has 0 aliphatic carbocycles. The van der Waals surface area contributed by atoms with Crippen molar-refractivity contribution in [2.24, 2.45) is 0 Å². The molecule has 3 rings (SSSR count). The van der Waals surface area contributed by atoms with E-state index < -0.39 is 0 Å². The molecular weight excluding hydrogens is 334 g/mol. The lowest BCUT2D eigenvalue weighted by molar-refractivity contribution is 0.0751. The van der Waals surface area contributed by atoms with Crippen LogP contribution in [0, 0.1) is 0 Å². The predicted molar refractivity (Wildman–Crippen MR) is 93.8 cm³/mol. The topological polar surface area (TPSA) is 52.6 Å². The quantitative estimate of drug-likeness (QED) is 0.848. The second kappa shape index (κ2) is 6.72. The van der Waals surface area contributed by atoms with Gasteiger partial charge in [-0.25, -0.2) is 0 Å². The smallest absolute Gasteiger partial charge is 0.264 e. The van der Waals surface area contributed by atoms with E-state index in [9.17, 15) is 4.79 Å². The van der Waals surface area contributed by atoms with Crippen LogP contribution in [0.1, 0.15) is 9.67 Å². The van der Waals surface area contributed by atoms with Crippen molar-refractivity contribution in [1.82, 2.24) is 15.1 Å². The Morgan fingerprint density at radius 1 is 1.26 bits per heavy atom. The Hall–Kier alpha value is -1.86. The molecule has 6 nitrogen and oxygen atoms in total. The van der Waals surface area contributed by atoms with Crippen molar-refractivity contribution in [1.29, 1.82) is 0 Å². The van der Waals surface area contributed by atoms with Gasteiger partial charge in [0.1, 0.15) is 0 Å². The van der Waals surface area contributed by atoms with Crippen molar-refractivity contribution in [2.75, 3.05) is 50.1 Å². The highest BCUT2D eigenvalue weighted by molar-refractivity contribution is 7.17. The van der Waals surface area contributed by atoms with Crippen molar-refractivity contribution < 1.29 is 4.79 Å². The summed E-state index contributed by atoms with van der Waals surface area (Å²) in [5.74, 6) is 0.900. The van der Waals surface area contributed by atoms with Gasteiger partial charge in [-0.1, -0.05) is 11.6 Å². The number of carbonyl (C=O) groups excluding carboxylic acids is 1. The molecule has 2 aromatic rings. The van der Waals surface area contributed by atoms with Gasteiger partial charge >= 0.3 is 0 Å². The summed E-state index contributed by atoms with van der Waals surface area (Å²) in [5.41, 5.74) is 1.02. The first-order valence-electron chi connectivity index (χ1n) is 7.34. The van der Waals surface area contributed by atoms with Crippen LogP contribution in [0.3, 0.4) is 0 Å². The molecule has 1 saturated heterocycles. The number of rotatable bonds is 3. The maximum absolute atomic E-state index is 12.4. The summed E-state index contributed by atoms with van der Waals surface area (Å²) in [7, 11) is 3.95. The molecule has 23 heavy (non-hydrogen) atoms. The second-order valence-electron chi connectivity index (χ2n) is 5.55. The van der Waals surface area contributed by atoms with Gasteiger partial charge in [0.2, 0.25) is 0 Å². The van der Waals surface area contributed by atoms with Crippen LogP contribution in [0.15, 0.2) is 24.4 Å². The van der Waals surface area contributed by atoms with Crippen LogP contribution in [-0.2, 0) is 0 Å². The molecule has 0 aromatic carbocycles. The Balaban J connectivity index is 1.64. The fourth-order valence-electron chi connectivity index (χ4n) is 2.47. The lowest BCUT2D eigenvalue weighted by Crippen LogP contribution is -2.49. The molecule has 0 unspecified atom stereocenters. The van der Waals surface area contributed by atoms with Gasteiger partial charge < -0.3 is 14.7 Å². The Morgan fingerprint density at radius 3 is 2.61 bits per heavy atom. The van der Waals surface area contributed by atoms with Crippen LogP contribution in [0.25, 0.3) is 0 Å². The van der Waals surface area contributed by atoms with Crippen LogP contribution in [0.4, 0.5) is 11.5 Å². The molecule has 8 heteroatoms. The second-order valence-corrected chi connectivity index (χ2v) is 7.26. The van der Waals surface area contributed by atoms with E-state index >= 15 is 0 Å². The molecule has 3 heterocycles. The van der Waals surface area contributed by atoms with Crippen LogP contribution >= 0.6 is 22.9 Å². The highest BCUT2D eigenvalue weighted by Crippen LogP contribution is 2.24. The van der Waals surface area contributed by atoms with Crippen LogP contribution in [0.2, 0.25) is 4.34 Å².